The standard InChI is InChI=1S/C15H13F2N3O3/c1-19-6-4-10(14(19)21)20-7-5-18-13(20)9-2-3-11-12(8-9)23-15(16,17)22-11/h2-3,5,7-8,10H,4,6H2,1H3. The highest BCUT2D eigenvalue weighted by molar-refractivity contribution is 5.83. The second-order valence-corrected chi connectivity index (χ2v) is 5.55. The van der Waals surface area contributed by atoms with Gasteiger partial charge in [0, 0.05) is 31.5 Å². The molecule has 0 radical (unpaired) electrons. The predicted molar refractivity (Wildman–Crippen MR) is 75.2 cm³/mol. The van der Waals surface area contributed by atoms with Crippen molar-refractivity contribution in [2.75, 3.05) is 13.6 Å². The topological polar surface area (TPSA) is 56.6 Å². The van der Waals surface area contributed by atoms with E-state index in [4.69, 9.17) is 0 Å². The van der Waals surface area contributed by atoms with Crippen molar-refractivity contribution < 1.29 is 23.0 Å². The number of carbonyl (C=O) groups excluding carboxylic acids is 1. The molecule has 3 heterocycles. The molecule has 0 saturated carbocycles. The minimum absolute atomic E-state index is 0.0107. The first-order valence-corrected chi connectivity index (χ1v) is 7.13. The SMILES string of the molecule is CN1CCC(n2ccnc2-c2ccc3c(c2)OC(F)(F)O3)C1=O. The zero-order chi connectivity index (χ0) is 16.2. The molecule has 0 N–H and O–H groups in total. The van der Waals surface area contributed by atoms with Gasteiger partial charge < -0.3 is 18.9 Å². The molecule has 1 fully saturated rings. The fraction of sp³-hybridized carbons (Fsp3) is 0.333. The van der Waals surface area contributed by atoms with Gasteiger partial charge in [0.25, 0.3) is 0 Å². The minimum atomic E-state index is -3.65. The fourth-order valence-corrected chi connectivity index (χ4v) is 2.94. The number of amides is 1. The van der Waals surface area contributed by atoms with Crippen molar-refractivity contribution in [1.29, 1.82) is 0 Å². The lowest BCUT2D eigenvalue weighted by Crippen LogP contribution is -2.25. The molecule has 1 atom stereocenters. The maximum absolute atomic E-state index is 13.1. The number of aromatic nitrogens is 2. The first-order valence-electron chi connectivity index (χ1n) is 7.13. The van der Waals surface area contributed by atoms with Crippen molar-refractivity contribution in [2.24, 2.45) is 0 Å². The Bertz CT molecular complexity index is 790. The van der Waals surface area contributed by atoms with E-state index in [1.807, 2.05) is 0 Å². The number of carbonyl (C=O) groups is 1. The lowest BCUT2D eigenvalue weighted by molar-refractivity contribution is -0.286. The number of imidazole rings is 1. The van der Waals surface area contributed by atoms with Crippen LogP contribution in [0.4, 0.5) is 8.78 Å². The molecule has 1 aromatic carbocycles. The van der Waals surface area contributed by atoms with Gasteiger partial charge in [-0.15, -0.1) is 8.78 Å². The van der Waals surface area contributed by atoms with Crippen molar-refractivity contribution in [1.82, 2.24) is 14.5 Å². The van der Waals surface area contributed by atoms with Crippen molar-refractivity contribution >= 4 is 5.91 Å². The van der Waals surface area contributed by atoms with E-state index >= 15 is 0 Å². The van der Waals surface area contributed by atoms with Crippen LogP contribution in [-0.4, -0.2) is 40.2 Å². The molecule has 8 heteroatoms. The van der Waals surface area contributed by atoms with Crippen LogP contribution in [0.1, 0.15) is 12.5 Å². The molecule has 120 valence electrons. The van der Waals surface area contributed by atoms with Gasteiger partial charge in [-0.2, -0.15) is 0 Å². The third kappa shape index (κ3) is 2.21. The van der Waals surface area contributed by atoms with Crippen LogP contribution in [0.5, 0.6) is 11.5 Å². The Balaban J connectivity index is 1.71. The molecule has 0 bridgehead atoms. The maximum Gasteiger partial charge on any atom is 0.586 e. The number of rotatable bonds is 2. The number of hydrogen-bond donors (Lipinski definition) is 0. The summed E-state index contributed by atoms with van der Waals surface area (Å²) in [6.45, 7) is 0.675. The van der Waals surface area contributed by atoms with E-state index in [0.29, 0.717) is 24.4 Å². The Morgan fingerprint density at radius 2 is 2.09 bits per heavy atom. The lowest BCUT2D eigenvalue weighted by atomic mass is 10.1. The summed E-state index contributed by atoms with van der Waals surface area (Å²) in [6, 6.07) is 4.14. The third-order valence-corrected chi connectivity index (χ3v) is 4.06. The third-order valence-electron chi connectivity index (χ3n) is 4.06. The zero-order valence-electron chi connectivity index (χ0n) is 12.2. The molecule has 2 aromatic rings. The highest BCUT2D eigenvalue weighted by Gasteiger charge is 2.43. The first kappa shape index (κ1) is 14.0. The molecular weight excluding hydrogens is 308 g/mol. The Kier molecular flexibility index (Phi) is 2.84. The number of likely N-dealkylation sites (tertiary alicyclic amines) is 1. The van der Waals surface area contributed by atoms with Crippen LogP contribution < -0.4 is 9.47 Å². The van der Waals surface area contributed by atoms with Crippen LogP contribution in [0, 0.1) is 0 Å². The minimum Gasteiger partial charge on any atom is -0.395 e. The molecule has 1 unspecified atom stereocenters. The smallest absolute Gasteiger partial charge is 0.395 e. The molecule has 1 saturated heterocycles. The summed E-state index contributed by atoms with van der Waals surface area (Å²) in [7, 11) is 1.75. The molecule has 2 aliphatic rings. The van der Waals surface area contributed by atoms with E-state index in [0.717, 1.165) is 0 Å². The summed E-state index contributed by atoms with van der Waals surface area (Å²) in [4.78, 5) is 18.1. The second-order valence-electron chi connectivity index (χ2n) is 5.55. The number of benzene rings is 1. The zero-order valence-corrected chi connectivity index (χ0v) is 12.2. The Morgan fingerprint density at radius 1 is 1.30 bits per heavy atom. The van der Waals surface area contributed by atoms with Crippen molar-refractivity contribution in [3.05, 3.63) is 30.6 Å². The van der Waals surface area contributed by atoms with Gasteiger partial charge in [-0.3, -0.25) is 4.79 Å². The number of fused-ring (bicyclic) bond motifs is 1. The van der Waals surface area contributed by atoms with Crippen LogP contribution in [0.15, 0.2) is 30.6 Å². The second kappa shape index (κ2) is 4.68. The average Bonchev–Trinajstić information content (AvgIpc) is 3.15. The number of nitrogens with zero attached hydrogens (tertiary/aromatic N) is 3. The molecule has 2 aliphatic heterocycles. The van der Waals surface area contributed by atoms with Crippen molar-refractivity contribution in [3.8, 4) is 22.9 Å². The first-order chi connectivity index (χ1) is 10.9. The van der Waals surface area contributed by atoms with Gasteiger partial charge in [0.1, 0.15) is 11.9 Å². The van der Waals surface area contributed by atoms with Gasteiger partial charge in [-0.1, -0.05) is 0 Å². The van der Waals surface area contributed by atoms with Gasteiger partial charge in [-0.25, -0.2) is 4.98 Å². The molecule has 4 rings (SSSR count). The molecule has 0 aliphatic carbocycles. The summed E-state index contributed by atoms with van der Waals surface area (Å²) >= 11 is 0. The quantitative estimate of drug-likeness (QED) is 0.851. The van der Waals surface area contributed by atoms with Crippen LogP contribution in [0.25, 0.3) is 11.4 Å². The van der Waals surface area contributed by atoms with E-state index in [-0.39, 0.29) is 23.4 Å². The maximum atomic E-state index is 13.1. The van der Waals surface area contributed by atoms with Crippen LogP contribution in [0.2, 0.25) is 0 Å². The molecular formula is C15H13F2N3O3. The van der Waals surface area contributed by atoms with Gasteiger partial charge in [0.15, 0.2) is 11.5 Å². The largest absolute Gasteiger partial charge is 0.586 e. The van der Waals surface area contributed by atoms with Gasteiger partial charge in [-0.05, 0) is 24.6 Å². The average molecular weight is 321 g/mol. The Labute approximate surface area is 130 Å². The Hall–Kier alpha value is -2.64. The van der Waals surface area contributed by atoms with E-state index in [1.165, 1.54) is 12.1 Å². The highest BCUT2D eigenvalue weighted by atomic mass is 19.3. The normalized spacial score (nSPS) is 22.0. The monoisotopic (exact) mass is 321 g/mol. The molecule has 0 spiro atoms. The summed E-state index contributed by atoms with van der Waals surface area (Å²) in [6.07, 6.45) is 0.332. The number of hydrogen-bond acceptors (Lipinski definition) is 4. The summed E-state index contributed by atoms with van der Waals surface area (Å²) in [5.74, 6) is 0.474. The molecule has 6 nitrogen and oxygen atoms in total. The van der Waals surface area contributed by atoms with Gasteiger partial charge in [0.05, 0.1) is 0 Å². The van der Waals surface area contributed by atoms with E-state index in [2.05, 4.69) is 14.5 Å². The summed E-state index contributed by atoms with van der Waals surface area (Å²) in [5.41, 5.74) is 0.581. The van der Waals surface area contributed by atoms with Crippen LogP contribution >= 0.6 is 0 Å². The molecule has 23 heavy (non-hydrogen) atoms. The highest BCUT2D eigenvalue weighted by Crippen LogP contribution is 2.43. The summed E-state index contributed by atoms with van der Waals surface area (Å²) in [5, 5.41) is 0. The number of ether oxygens (including phenoxy) is 2. The Morgan fingerprint density at radius 3 is 2.83 bits per heavy atom. The van der Waals surface area contributed by atoms with Gasteiger partial charge in [0.2, 0.25) is 5.91 Å². The fourth-order valence-electron chi connectivity index (χ4n) is 2.94. The van der Waals surface area contributed by atoms with Gasteiger partial charge >= 0.3 is 6.29 Å². The molecule has 1 amide bonds. The summed E-state index contributed by atoms with van der Waals surface area (Å²) < 4.78 is 36.8. The van der Waals surface area contributed by atoms with E-state index in [9.17, 15) is 13.6 Å². The number of alkyl halides is 2. The van der Waals surface area contributed by atoms with E-state index in [1.54, 1.807) is 35.0 Å². The van der Waals surface area contributed by atoms with Crippen LogP contribution in [0.3, 0.4) is 0 Å². The lowest BCUT2D eigenvalue weighted by Gasteiger charge is -2.14. The van der Waals surface area contributed by atoms with Crippen LogP contribution in [-0.2, 0) is 4.79 Å². The number of likely N-dealkylation sites (N-methyl/N-ethyl adjacent to an activating group) is 1. The number of halogens is 2. The van der Waals surface area contributed by atoms with E-state index < -0.39 is 6.29 Å². The van der Waals surface area contributed by atoms with Crippen molar-refractivity contribution in [3.63, 3.8) is 0 Å². The molecule has 1 aromatic heterocycles. The predicted octanol–water partition coefficient (Wildman–Crippen LogP) is 2.27. The van der Waals surface area contributed by atoms with Crippen molar-refractivity contribution in [2.45, 2.75) is 18.8 Å².